The zero-order chi connectivity index (χ0) is 18.7. The lowest BCUT2D eigenvalue weighted by molar-refractivity contribution is -0.274. The first-order chi connectivity index (χ1) is 12.4. The molecule has 1 aliphatic heterocycles. The largest absolute Gasteiger partial charge is 0.573 e. The lowest BCUT2D eigenvalue weighted by Gasteiger charge is -2.13. The second-order valence-electron chi connectivity index (χ2n) is 5.51. The number of ether oxygens (including phenoxy) is 2. The van der Waals surface area contributed by atoms with Crippen molar-refractivity contribution >= 4 is 11.7 Å². The normalized spacial score (nSPS) is 16.8. The molecule has 26 heavy (non-hydrogen) atoms. The number of hydrogen-bond acceptors (Lipinski definition) is 5. The maximum Gasteiger partial charge on any atom is 0.573 e. The molecule has 2 aromatic carbocycles. The molecular weight excluding hydrogens is 351 g/mol. The van der Waals surface area contributed by atoms with Crippen molar-refractivity contribution in [3.8, 4) is 16.9 Å². The van der Waals surface area contributed by atoms with Crippen molar-refractivity contribution in [1.29, 1.82) is 0 Å². The zero-order valence-electron chi connectivity index (χ0n) is 13.4. The van der Waals surface area contributed by atoms with Crippen LogP contribution in [0.1, 0.15) is 5.56 Å². The summed E-state index contributed by atoms with van der Waals surface area (Å²) in [5, 5.41) is 8.85. The number of aliphatic hydroxyl groups is 1. The first-order valence-corrected chi connectivity index (χ1v) is 7.67. The summed E-state index contributed by atoms with van der Waals surface area (Å²) in [6, 6.07) is 11.6. The van der Waals surface area contributed by atoms with Gasteiger partial charge in [0.1, 0.15) is 25.0 Å². The van der Waals surface area contributed by atoms with E-state index in [0.29, 0.717) is 16.7 Å². The first-order valence-electron chi connectivity index (χ1n) is 7.67. The lowest BCUT2D eigenvalue weighted by atomic mass is 10.0. The van der Waals surface area contributed by atoms with Crippen LogP contribution in [0, 0.1) is 0 Å². The first kappa shape index (κ1) is 17.9. The second-order valence-corrected chi connectivity index (χ2v) is 5.51. The van der Waals surface area contributed by atoms with E-state index in [1.807, 2.05) is 0 Å². The number of nitrogens with zero attached hydrogens (tertiary/aromatic N) is 1. The highest BCUT2D eigenvalue weighted by atomic mass is 19.4. The third-order valence-corrected chi connectivity index (χ3v) is 3.73. The highest BCUT2D eigenvalue weighted by molar-refractivity contribution is 5.99. The van der Waals surface area contributed by atoms with Gasteiger partial charge in [0.2, 0.25) is 5.90 Å². The molecule has 0 fully saturated rings. The minimum absolute atomic E-state index is 0.0543. The molecule has 8 heteroatoms. The van der Waals surface area contributed by atoms with Gasteiger partial charge in [0.15, 0.2) is 5.78 Å². The summed E-state index contributed by atoms with van der Waals surface area (Å²) in [5.41, 5.74) is 1.39. The van der Waals surface area contributed by atoms with Crippen molar-refractivity contribution in [1.82, 2.24) is 0 Å². The molecule has 0 bridgehead atoms. The Balaban J connectivity index is 1.84. The molecule has 0 aromatic heterocycles. The van der Waals surface area contributed by atoms with Crippen LogP contribution in [0.3, 0.4) is 0 Å². The standard InChI is InChI=1S/C18H14F3NO4/c19-18(20,21)26-16-4-2-1-3-13(16)11-5-7-12(8-6-11)17-22-14(10-25-17)15(24)9-23/h1-8,14,23H,9-10H2/t14-/m1/s1. The van der Waals surface area contributed by atoms with Crippen molar-refractivity contribution in [2.24, 2.45) is 4.99 Å². The fourth-order valence-electron chi connectivity index (χ4n) is 2.51. The number of benzene rings is 2. The van der Waals surface area contributed by atoms with Crippen LogP contribution in [-0.4, -0.2) is 42.4 Å². The van der Waals surface area contributed by atoms with E-state index >= 15 is 0 Å². The molecule has 1 N–H and O–H groups in total. The molecule has 1 aliphatic rings. The van der Waals surface area contributed by atoms with Gasteiger partial charge in [-0.25, -0.2) is 4.99 Å². The predicted molar refractivity (Wildman–Crippen MR) is 86.9 cm³/mol. The lowest BCUT2D eigenvalue weighted by Crippen LogP contribution is -2.22. The van der Waals surface area contributed by atoms with Gasteiger partial charge >= 0.3 is 6.36 Å². The minimum Gasteiger partial charge on any atom is -0.475 e. The third-order valence-electron chi connectivity index (χ3n) is 3.73. The highest BCUT2D eigenvalue weighted by Gasteiger charge is 2.32. The second kappa shape index (κ2) is 7.17. The summed E-state index contributed by atoms with van der Waals surface area (Å²) in [5.74, 6) is -0.478. The van der Waals surface area contributed by atoms with Gasteiger partial charge in [0, 0.05) is 11.1 Å². The molecule has 0 radical (unpaired) electrons. The molecular formula is C18H14F3NO4. The molecule has 0 saturated heterocycles. The quantitative estimate of drug-likeness (QED) is 0.885. The van der Waals surface area contributed by atoms with Crippen molar-refractivity contribution in [3.05, 3.63) is 54.1 Å². The van der Waals surface area contributed by atoms with Gasteiger partial charge < -0.3 is 14.6 Å². The number of carbonyl (C=O) groups excluding carboxylic acids is 1. The Labute approximate surface area is 146 Å². The predicted octanol–water partition coefficient (Wildman–Crippen LogP) is 2.96. The molecule has 2 aromatic rings. The van der Waals surface area contributed by atoms with Crippen molar-refractivity contribution in [3.63, 3.8) is 0 Å². The zero-order valence-corrected chi connectivity index (χ0v) is 13.4. The number of alkyl halides is 3. The molecule has 0 aliphatic carbocycles. The number of carbonyl (C=O) groups is 1. The van der Waals surface area contributed by atoms with Crippen LogP contribution in [-0.2, 0) is 9.53 Å². The summed E-state index contributed by atoms with van der Waals surface area (Å²) in [4.78, 5) is 15.5. The van der Waals surface area contributed by atoms with E-state index < -0.39 is 24.8 Å². The van der Waals surface area contributed by atoms with Gasteiger partial charge in [-0.15, -0.1) is 13.2 Å². The highest BCUT2D eigenvalue weighted by Crippen LogP contribution is 2.33. The fraction of sp³-hybridized carbons (Fsp3) is 0.222. The molecule has 0 unspecified atom stereocenters. The molecule has 1 heterocycles. The Morgan fingerprint density at radius 1 is 1.15 bits per heavy atom. The van der Waals surface area contributed by atoms with Gasteiger partial charge in [0.05, 0.1) is 0 Å². The van der Waals surface area contributed by atoms with Crippen LogP contribution in [0.2, 0.25) is 0 Å². The average Bonchev–Trinajstić information content (AvgIpc) is 3.10. The van der Waals surface area contributed by atoms with Gasteiger partial charge in [0.25, 0.3) is 0 Å². The van der Waals surface area contributed by atoms with E-state index in [9.17, 15) is 18.0 Å². The summed E-state index contributed by atoms with van der Waals surface area (Å²) in [7, 11) is 0. The van der Waals surface area contributed by atoms with E-state index in [4.69, 9.17) is 9.84 Å². The summed E-state index contributed by atoms with van der Waals surface area (Å²) < 4.78 is 47.0. The molecule has 5 nitrogen and oxygen atoms in total. The molecule has 0 saturated carbocycles. The fourth-order valence-corrected chi connectivity index (χ4v) is 2.51. The van der Waals surface area contributed by atoms with Gasteiger partial charge in [-0.3, -0.25) is 4.79 Å². The molecule has 136 valence electrons. The monoisotopic (exact) mass is 365 g/mol. The number of para-hydroxylation sites is 1. The van der Waals surface area contributed by atoms with E-state index in [0.717, 1.165) is 0 Å². The van der Waals surface area contributed by atoms with E-state index in [1.165, 1.54) is 18.2 Å². The van der Waals surface area contributed by atoms with Crippen molar-refractivity contribution in [2.75, 3.05) is 13.2 Å². The van der Waals surface area contributed by atoms with Gasteiger partial charge in [-0.2, -0.15) is 0 Å². The number of rotatable bonds is 5. The van der Waals surface area contributed by atoms with Gasteiger partial charge in [-0.05, 0) is 23.8 Å². The Hall–Kier alpha value is -2.87. The summed E-state index contributed by atoms with van der Waals surface area (Å²) in [6.45, 7) is -0.557. The molecule has 0 amide bonds. The van der Waals surface area contributed by atoms with Crippen LogP contribution in [0.25, 0.3) is 11.1 Å². The van der Waals surface area contributed by atoms with Crippen LogP contribution < -0.4 is 4.74 Å². The van der Waals surface area contributed by atoms with Crippen LogP contribution >= 0.6 is 0 Å². The number of aliphatic imine (C=N–C) groups is 1. The van der Waals surface area contributed by atoms with E-state index in [1.54, 1.807) is 30.3 Å². The minimum atomic E-state index is -4.78. The Morgan fingerprint density at radius 3 is 2.46 bits per heavy atom. The average molecular weight is 365 g/mol. The number of Topliss-reactive ketones (excluding diaryl/α,β-unsaturated/α-hetero) is 1. The maximum absolute atomic E-state index is 12.5. The van der Waals surface area contributed by atoms with E-state index in [2.05, 4.69) is 9.73 Å². The van der Waals surface area contributed by atoms with Crippen LogP contribution in [0.5, 0.6) is 5.75 Å². The number of hydrogen-bond donors (Lipinski definition) is 1. The van der Waals surface area contributed by atoms with Gasteiger partial charge in [-0.1, -0.05) is 30.3 Å². The summed E-state index contributed by atoms with van der Waals surface area (Å²) in [6.07, 6.45) is -4.78. The smallest absolute Gasteiger partial charge is 0.475 e. The van der Waals surface area contributed by atoms with Crippen LogP contribution in [0.15, 0.2) is 53.5 Å². The number of aliphatic hydroxyl groups excluding tert-OH is 1. The Morgan fingerprint density at radius 2 is 1.81 bits per heavy atom. The third kappa shape index (κ3) is 4.02. The summed E-state index contributed by atoms with van der Waals surface area (Å²) >= 11 is 0. The topological polar surface area (TPSA) is 68.1 Å². The van der Waals surface area contributed by atoms with E-state index in [-0.39, 0.29) is 18.3 Å². The molecule has 0 spiro atoms. The maximum atomic E-state index is 12.5. The SMILES string of the molecule is O=C(CO)[C@H]1COC(c2ccc(-c3ccccc3OC(F)(F)F)cc2)=N1. The van der Waals surface area contributed by atoms with Crippen molar-refractivity contribution in [2.45, 2.75) is 12.4 Å². The molecule has 1 atom stereocenters. The molecule has 3 rings (SSSR count). The van der Waals surface area contributed by atoms with Crippen LogP contribution in [0.4, 0.5) is 13.2 Å². The number of halogens is 3. The Bertz CT molecular complexity index is 831. The number of ketones is 1. The van der Waals surface area contributed by atoms with Crippen molar-refractivity contribution < 1.29 is 32.5 Å². The Kier molecular flexibility index (Phi) is 4.94.